The van der Waals surface area contributed by atoms with E-state index in [9.17, 15) is 9.59 Å². The van der Waals surface area contributed by atoms with Crippen molar-refractivity contribution in [3.63, 3.8) is 0 Å². The van der Waals surface area contributed by atoms with Crippen molar-refractivity contribution in [1.82, 2.24) is 5.32 Å². The summed E-state index contributed by atoms with van der Waals surface area (Å²) in [7, 11) is 0. The van der Waals surface area contributed by atoms with Crippen LogP contribution in [-0.2, 0) is 11.2 Å². The number of carbonyl (C=O) groups is 2. The number of carbonyl (C=O) groups excluding carboxylic acids is 2. The largest absolute Gasteiger partial charge is 0.351 e. The Hall–Kier alpha value is -2.27. The van der Waals surface area contributed by atoms with Gasteiger partial charge >= 0.3 is 0 Å². The highest BCUT2D eigenvalue weighted by molar-refractivity contribution is 7.99. The summed E-state index contributed by atoms with van der Waals surface area (Å²) in [6, 6.07) is 15.6. The van der Waals surface area contributed by atoms with Gasteiger partial charge in [0.2, 0.25) is 5.91 Å². The van der Waals surface area contributed by atoms with Crippen molar-refractivity contribution in [1.29, 1.82) is 0 Å². The average molecular weight is 326 g/mol. The lowest BCUT2D eigenvalue weighted by Crippen LogP contribution is -2.26. The fraction of sp³-hybridized carbons (Fsp3) is 0.222. The molecule has 2 aromatic rings. The first-order valence-corrected chi connectivity index (χ1v) is 8.60. The summed E-state index contributed by atoms with van der Waals surface area (Å²) in [5.74, 6) is 0.794. The van der Waals surface area contributed by atoms with Gasteiger partial charge in [-0.2, -0.15) is 0 Å². The van der Waals surface area contributed by atoms with Crippen molar-refractivity contribution >= 4 is 29.3 Å². The van der Waals surface area contributed by atoms with Gasteiger partial charge in [-0.05, 0) is 42.3 Å². The molecule has 0 spiro atoms. The maximum Gasteiger partial charge on any atom is 0.251 e. The van der Waals surface area contributed by atoms with Crippen LogP contribution in [0.25, 0.3) is 0 Å². The van der Waals surface area contributed by atoms with Crippen LogP contribution in [-0.4, -0.2) is 24.1 Å². The van der Waals surface area contributed by atoms with Crippen LogP contribution in [0.2, 0.25) is 0 Å². The lowest BCUT2D eigenvalue weighted by molar-refractivity contribution is -0.116. The predicted molar refractivity (Wildman–Crippen MR) is 92.9 cm³/mol. The number of benzene rings is 2. The van der Waals surface area contributed by atoms with Gasteiger partial charge in [-0.25, -0.2) is 0 Å². The lowest BCUT2D eigenvalue weighted by Gasteiger charge is -2.17. The van der Waals surface area contributed by atoms with Crippen molar-refractivity contribution in [3.05, 3.63) is 59.7 Å². The normalized spacial score (nSPS) is 13.1. The second-order valence-corrected chi connectivity index (χ2v) is 6.51. The maximum absolute atomic E-state index is 12.2. The van der Waals surface area contributed by atoms with Crippen molar-refractivity contribution in [2.45, 2.75) is 17.7 Å². The highest BCUT2D eigenvalue weighted by Crippen LogP contribution is 2.23. The Morgan fingerprint density at radius 2 is 1.96 bits per heavy atom. The van der Waals surface area contributed by atoms with Crippen LogP contribution >= 0.6 is 11.8 Å². The predicted octanol–water partition coefficient (Wildman–Crippen LogP) is 3.09. The molecule has 2 N–H and O–H groups in total. The Morgan fingerprint density at radius 1 is 1.13 bits per heavy atom. The SMILES string of the molecule is O=C1CCc2cc(C(=O)NCCSc3ccccc3)ccc2N1. The molecule has 0 bridgehead atoms. The fourth-order valence-corrected chi connectivity index (χ4v) is 3.27. The van der Waals surface area contributed by atoms with Gasteiger partial charge in [-0.3, -0.25) is 9.59 Å². The van der Waals surface area contributed by atoms with E-state index in [0.717, 1.165) is 17.0 Å². The minimum Gasteiger partial charge on any atom is -0.351 e. The van der Waals surface area contributed by atoms with E-state index in [1.165, 1.54) is 4.90 Å². The minimum absolute atomic E-state index is 0.0349. The number of anilines is 1. The van der Waals surface area contributed by atoms with E-state index in [1.54, 1.807) is 23.9 Å². The quantitative estimate of drug-likeness (QED) is 0.656. The molecule has 1 heterocycles. The summed E-state index contributed by atoms with van der Waals surface area (Å²) < 4.78 is 0. The molecule has 2 aromatic carbocycles. The van der Waals surface area contributed by atoms with Crippen LogP contribution in [0.5, 0.6) is 0 Å². The van der Waals surface area contributed by atoms with E-state index in [2.05, 4.69) is 22.8 Å². The Bertz CT molecular complexity index is 716. The molecule has 0 fully saturated rings. The molecule has 0 saturated carbocycles. The molecular weight excluding hydrogens is 308 g/mol. The average Bonchev–Trinajstić information content (AvgIpc) is 2.59. The van der Waals surface area contributed by atoms with E-state index in [0.29, 0.717) is 24.9 Å². The third kappa shape index (κ3) is 4.13. The summed E-state index contributed by atoms with van der Waals surface area (Å²) in [6.07, 6.45) is 1.16. The number of nitrogens with one attached hydrogen (secondary N) is 2. The van der Waals surface area contributed by atoms with Gasteiger partial charge in [0.05, 0.1) is 0 Å². The van der Waals surface area contributed by atoms with Crippen molar-refractivity contribution in [2.24, 2.45) is 0 Å². The number of aryl methyl sites for hydroxylation is 1. The monoisotopic (exact) mass is 326 g/mol. The molecule has 2 amide bonds. The molecule has 118 valence electrons. The first-order chi connectivity index (χ1) is 11.2. The van der Waals surface area contributed by atoms with E-state index in [4.69, 9.17) is 0 Å². The summed E-state index contributed by atoms with van der Waals surface area (Å²) >= 11 is 1.72. The van der Waals surface area contributed by atoms with E-state index < -0.39 is 0 Å². The Kier molecular flexibility index (Phi) is 4.98. The molecule has 5 heteroatoms. The number of amides is 2. The number of thioether (sulfide) groups is 1. The third-order valence-electron chi connectivity index (χ3n) is 3.66. The molecule has 23 heavy (non-hydrogen) atoms. The minimum atomic E-state index is -0.0710. The molecule has 0 atom stereocenters. The summed E-state index contributed by atoms with van der Waals surface area (Å²) in [5, 5.41) is 5.76. The van der Waals surface area contributed by atoms with Crippen LogP contribution in [0.4, 0.5) is 5.69 Å². The first-order valence-electron chi connectivity index (χ1n) is 7.61. The highest BCUT2D eigenvalue weighted by atomic mass is 32.2. The standard InChI is InChI=1S/C18H18N2O2S/c21-17-9-7-13-12-14(6-8-16(13)20-17)18(22)19-10-11-23-15-4-2-1-3-5-15/h1-6,8,12H,7,9-11H2,(H,19,22)(H,20,21). The van der Waals surface area contributed by atoms with Crippen molar-refractivity contribution in [3.8, 4) is 0 Å². The zero-order chi connectivity index (χ0) is 16.1. The second kappa shape index (κ2) is 7.33. The van der Waals surface area contributed by atoms with E-state index in [1.807, 2.05) is 24.3 Å². The fourth-order valence-electron chi connectivity index (χ4n) is 2.48. The smallest absolute Gasteiger partial charge is 0.251 e. The lowest BCUT2D eigenvalue weighted by atomic mass is 10.00. The number of fused-ring (bicyclic) bond motifs is 1. The molecule has 0 radical (unpaired) electrons. The zero-order valence-corrected chi connectivity index (χ0v) is 13.5. The molecule has 1 aliphatic rings. The van der Waals surface area contributed by atoms with Crippen LogP contribution in [0.3, 0.4) is 0 Å². The Labute approximate surface area is 139 Å². The Balaban J connectivity index is 1.51. The molecule has 0 saturated heterocycles. The van der Waals surface area contributed by atoms with Gasteiger partial charge < -0.3 is 10.6 Å². The van der Waals surface area contributed by atoms with Crippen LogP contribution in [0.1, 0.15) is 22.3 Å². The second-order valence-electron chi connectivity index (χ2n) is 5.34. The van der Waals surface area contributed by atoms with Crippen molar-refractivity contribution in [2.75, 3.05) is 17.6 Å². The molecular formula is C18H18N2O2S. The molecule has 0 unspecified atom stereocenters. The number of hydrogen-bond donors (Lipinski definition) is 2. The summed E-state index contributed by atoms with van der Waals surface area (Å²) in [4.78, 5) is 24.7. The molecule has 0 aliphatic carbocycles. The van der Waals surface area contributed by atoms with E-state index >= 15 is 0 Å². The van der Waals surface area contributed by atoms with E-state index in [-0.39, 0.29) is 11.8 Å². The topological polar surface area (TPSA) is 58.2 Å². The molecule has 4 nitrogen and oxygen atoms in total. The van der Waals surface area contributed by atoms with Gasteiger partial charge in [-0.15, -0.1) is 11.8 Å². The number of hydrogen-bond acceptors (Lipinski definition) is 3. The van der Waals surface area contributed by atoms with Gasteiger partial charge in [0.25, 0.3) is 5.91 Å². The van der Waals surface area contributed by atoms with Gasteiger partial charge in [-0.1, -0.05) is 18.2 Å². The zero-order valence-electron chi connectivity index (χ0n) is 12.7. The van der Waals surface area contributed by atoms with Crippen LogP contribution in [0.15, 0.2) is 53.4 Å². The molecule has 3 rings (SSSR count). The summed E-state index contributed by atoms with van der Waals surface area (Å²) in [5.41, 5.74) is 2.48. The maximum atomic E-state index is 12.2. The third-order valence-corrected chi connectivity index (χ3v) is 4.68. The van der Waals surface area contributed by atoms with Gasteiger partial charge in [0, 0.05) is 34.9 Å². The first kappa shape index (κ1) is 15.6. The molecule has 0 aromatic heterocycles. The number of rotatable bonds is 5. The summed E-state index contributed by atoms with van der Waals surface area (Å²) in [6.45, 7) is 0.617. The Morgan fingerprint density at radius 3 is 2.78 bits per heavy atom. The highest BCUT2D eigenvalue weighted by Gasteiger charge is 2.16. The molecule has 1 aliphatic heterocycles. The van der Waals surface area contributed by atoms with Crippen LogP contribution in [0, 0.1) is 0 Å². The van der Waals surface area contributed by atoms with Crippen LogP contribution < -0.4 is 10.6 Å². The van der Waals surface area contributed by atoms with Gasteiger partial charge in [0.15, 0.2) is 0 Å². The van der Waals surface area contributed by atoms with Crippen molar-refractivity contribution < 1.29 is 9.59 Å². The van der Waals surface area contributed by atoms with Gasteiger partial charge in [0.1, 0.15) is 0 Å².